The summed E-state index contributed by atoms with van der Waals surface area (Å²) >= 11 is 0. The molecule has 0 aromatic carbocycles. The van der Waals surface area contributed by atoms with Crippen LogP contribution in [-0.4, -0.2) is 18.9 Å². The molecule has 3 nitrogen and oxygen atoms in total. The molecule has 1 aliphatic carbocycles. The molecule has 0 saturated heterocycles. The van der Waals surface area contributed by atoms with Crippen molar-refractivity contribution in [2.24, 2.45) is 5.92 Å². The zero-order chi connectivity index (χ0) is 12.5. The van der Waals surface area contributed by atoms with Gasteiger partial charge in [0, 0.05) is 6.42 Å². The molecule has 0 N–H and O–H groups in total. The first-order valence-corrected chi connectivity index (χ1v) is 6.86. The summed E-state index contributed by atoms with van der Waals surface area (Å²) in [5, 5.41) is 0. The Balaban J connectivity index is 2.51. The quantitative estimate of drug-likeness (QED) is 0.522. The summed E-state index contributed by atoms with van der Waals surface area (Å²) < 4.78 is 4.72. The molecule has 3 heteroatoms. The number of carbonyl (C=O) groups is 2. The van der Waals surface area contributed by atoms with Gasteiger partial charge in [-0.2, -0.15) is 0 Å². The van der Waals surface area contributed by atoms with Gasteiger partial charge < -0.3 is 4.74 Å². The Morgan fingerprint density at radius 2 is 1.53 bits per heavy atom. The van der Waals surface area contributed by atoms with Crippen LogP contribution < -0.4 is 0 Å². The second kappa shape index (κ2) is 8.26. The minimum Gasteiger partial charge on any atom is -0.468 e. The minimum atomic E-state index is -0.501. The van der Waals surface area contributed by atoms with E-state index in [9.17, 15) is 9.59 Å². The molecule has 0 bridgehead atoms. The van der Waals surface area contributed by atoms with Crippen LogP contribution in [0.4, 0.5) is 0 Å². The van der Waals surface area contributed by atoms with E-state index < -0.39 is 5.92 Å². The van der Waals surface area contributed by atoms with E-state index in [0.29, 0.717) is 12.8 Å². The lowest BCUT2D eigenvalue weighted by Crippen LogP contribution is -2.25. The van der Waals surface area contributed by atoms with Gasteiger partial charge in [-0.3, -0.25) is 9.59 Å². The van der Waals surface area contributed by atoms with E-state index in [1.54, 1.807) is 0 Å². The normalized spacial score (nSPS) is 24.5. The molecule has 1 atom stereocenters. The number of esters is 1. The van der Waals surface area contributed by atoms with Gasteiger partial charge in [0.1, 0.15) is 11.7 Å². The third kappa shape index (κ3) is 5.33. The van der Waals surface area contributed by atoms with Crippen LogP contribution in [0, 0.1) is 5.92 Å². The van der Waals surface area contributed by atoms with Crippen molar-refractivity contribution in [3.63, 3.8) is 0 Å². The minimum absolute atomic E-state index is 0.0809. The van der Waals surface area contributed by atoms with Crippen LogP contribution in [0.15, 0.2) is 0 Å². The van der Waals surface area contributed by atoms with Crippen molar-refractivity contribution < 1.29 is 14.3 Å². The maximum absolute atomic E-state index is 11.9. The second-order valence-electron chi connectivity index (χ2n) is 4.91. The number of ether oxygens (including phenoxy) is 1. The van der Waals surface area contributed by atoms with Crippen LogP contribution in [0.3, 0.4) is 0 Å². The largest absolute Gasteiger partial charge is 0.468 e. The molecule has 0 aliphatic heterocycles. The fourth-order valence-corrected chi connectivity index (χ4v) is 2.44. The van der Waals surface area contributed by atoms with Gasteiger partial charge in [-0.1, -0.05) is 44.9 Å². The Bertz CT molecular complexity index is 248. The third-order valence-corrected chi connectivity index (χ3v) is 3.54. The third-order valence-electron chi connectivity index (χ3n) is 3.54. The molecule has 0 heterocycles. The molecule has 17 heavy (non-hydrogen) atoms. The molecular weight excluding hydrogens is 216 g/mol. The van der Waals surface area contributed by atoms with Crippen LogP contribution in [0.2, 0.25) is 0 Å². The van der Waals surface area contributed by atoms with Crippen LogP contribution >= 0.6 is 0 Å². The Morgan fingerprint density at radius 3 is 2.12 bits per heavy atom. The summed E-state index contributed by atoms with van der Waals surface area (Å²) in [4.78, 5) is 23.5. The van der Waals surface area contributed by atoms with Crippen LogP contribution in [0.1, 0.15) is 64.2 Å². The number of ketones is 1. The van der Waals surface area contributed by atoms with E-state index in [4.69, 9.17) is 4.74 Å². The fraction of sp³-hybridized carbons (Fsp3) is 0.857. The standard InChI is InChI=1S/C14H24O3/c1-17-14(16)12-10-8-6-4-2-3-5-7-9-11-13(12)15/h12H,2-11H2,1H3. The molecule has 1 saturated carbocycles. The Labute approximate surface area is 104 Å². The second-order valence-corrected chi connectivity index (χ2v) is 4.91. The van der Waals surface area contributed by atoms with E-state index in [-0.39, 0.29) is 11.8 Å². The van der Waals surface area contributed by atoms with Crippen molar-refractivity contribution in [3.05, 3.63) is 0 Å². The zero-order valence-corrected chi connectivity index (χ0v) is 10.9. The van der Waals surface area contributed by atoms with Gasteiger partial charge in [0.15, 0.2) is 0 Å². The Morgan fingerprint density at radius 1 is 1.00 bits per heavy atom. The summed E-state index contributed by atoms with van der Waals surface area (Å²) in [5.41, 5.74) is 0. The van der Waals surface area contributed by atoms with Crippen molar-refractivity contribution in [1.29, 1.82) is 0 Å². The Kier molecular flexibility index (Phi) is 6.90. The highest BCUT2D eigenvalue weighted by atomic mass is 16.5. The van der Waals surface area contributed by atoms with E-state index in [2.05, 4.69) is 0 Å². The first-order valence-electron chi connectivity index (χ1n) is 6.86. The van der Waals surface area contributed by atoms with E-state index in [1.165, 1.54) is 32.8 Å². The number of methoxy groups -OCH3 is 1. The van der Waals surface area contributed by atoms with Gasteiger partial charge in [0.25, 0.3) is 0 Å². The highest BCUT2D eigenvalue weighted by molar-refractivity contribution is 5.98. The van der Waals surface area contributed by atoms with Crippen LogP contribution in [-0.2, 0) is 14.3 Å². The number of rotatable bonds is 1. The maximum atomic E-state index is 11.9. The van der Waals surface area contributed by atoms with Gasteiger partial charge in [-0.25, -0.2) is 0 Å². The first kappa shape index (κ1) is 14.2. The maximum Gasteiger partial charge on any atom is 0.316 e. The summed E-state index contributed by atoms with van der Waals surface area (Å²) in [6.45, 7) is 0. The zero-order valence-electron chi connectivity index (χ0n) is 10.9. The van der Waals surface area contributed by atoms with E-state index >= 15 is 0 Å². The van der Waals surface area contributed by atoms with Crippen LogP contribution in [0.25, 0.3) is 0 Å². The van der Waals surface area contributed by atoms with Crippen molar-refractivity contribution in [1.82, 2.24) is 0 Å². The molecule has 1 unspecified atom stereocenters. The molecule has 0 spiro atoms. The average Bonchev–Trinajstić information content (AvgIpc) is 2.33. The molecule has 0 aromatic heterocycles. The lowest BCUT2D eigenvalue weighted by Gasteiger charge is -2.14. The number of carbonyl (C=O) groups excluding carboxylic acids is 2. The lowest BCUT2D eigenvalue weighted by atomic mass is 9.92. The Hall–Kier alpha value is -0.860. The smallest absolute Gasteiger partial charge is 0.316 e. The summed E-state index contributed by atoms with van der Waals surface area (Å²) in [6.07, 6.45) is 10.4. The molecule has 98 valence electrons. The van der Waals surface area contributed by atoms with Gasteiger partial charge in [0.05, 0.1) is 7.11 Å². The van der Waals surface area contributed by atoms with Crippen molar-refractivity contribution in [2.45, 2.75) is 64.2 Å². The molecule has 1 fully saturated rings. The highest BCUT2D eigenvalue weighted by Crippen LogP contribution is 2.19. The number of hydrogen-bond acceptors (Lipinski definition) is 3. The summed E-state index contributed by atoms with van der Waals surface area (Å²) in [5.74, 6) is -0.760. The van der Waals surface area contributed by atoms with E-state index in [0.717, 1.165) is 25.7 Å². The topological polar surface area (TPSA) is 43.4 Å². The lowest BCUT2D eigenvalue weighted by molar-refractivity contribution is -0.149. The van der Waals surface area contributed by atoms with Crippen LogP contribution in [0.5, 0.6) is 0 Å². The molecule has 0 amide bonds. The van der Waals surface area contributed by atoms with Gasteiger partial charge in [0.2, 0.25) is 0 Å². The SMILES string of the molecule is COC(=O)C1CCCCCCCCCCC1=O. The van der Waals surface area contributed by atoms with Gasteiger partial charge in [-0.15, -0.1) is 0 Å². The summed E-state index contributed by atoms with van der Waals surface area (Å²) in [7, 11) is 1.37. The average molecular weight is 240 g/mol. The van der Waals surface area contributed by atoms with Crippen molar-refractivity contribution in [3.8, 4) is 0 Å². The fourth-order valence-electron chi connectivity index (χ4n) is 2.44. The molecule has 0 radical (unpaired) electrons. The molecule has 0 aromatic rings. The number of hydrogen-bond donors (Lipinski definition) is 0. The number of Topliss-reactive ketones (excluding diaryl/α,β-unsaturated/α-hetero) is 1. The molecule has 1 aliphatic rings. The first-order chi connectivity index (χ1) is 8.25. The van der Waals surface area contributed by atoms with Gasteiger partial charge >= 0.3 is 5.97 Å². The van der Waals surface area contributed by atoms with Crippen molar-refractivity contribution in [2.75, 3.05) is 7.11 Å². The molecule has 1 rings (SSSR count). The highest BCUT2D eigenvalue weighted by Gasteiger charge is 2.26. The summed E-state index contributed by atoms with van der Waals surface area (Å²) in [6, 6.07) is 0. The van der Waals surface area contributed by atoms with Gasteiger partial charge in [-0.05, 0) is 12.8 Å². The van der Waals surface area contributed by atoms with Crippen molar-refractivity contribution >= 4 is 11.8 Å². The molecular formula is C14H24O3. The van der Waals surface area contributed by atoms with E-state index in [1.807, 2.05) is 0 Å². The monoisotopic (exact) mass is 240 g/mol. The predicted molar refractivity (Wildman–Crippen MR) is 66.7 cm³/mol. The predicted octanol–water partition coefficient (Wildman–Crippen LogP) is 3.26.